The Bertz CT molecular complexity index is 815. The van der Waals surface area contributed by atoms with Crippen LogP contribution in [0.25, 0.3) is 6.08 Å². The molecule has 142 valence electrons. The van der Waals surface area contributed by atoms with Crippen LogP contribution in [0.1, 0.15) is 38.2 Å². The predicted molar refractivity (Wildman–Crippen MR) is 109 cm³/mol. The van der Waals surface area contributed by atoms with Gasteiger partial charge in [-0.2, -0.15) is 0 Å². The predicted octanol–water partition coefficient (Wildman–Crippen LogP) is 5.36. The molecule has 0 aromatic heterocycles. The summed E-state index contributed by atoms with van der Waals surface area (Å²) in [6.07, 6.45) is 4.44. The fraction of sp³-hybridized carbons (Fsp3) is 0.238. The Morgan fingerprint density at radius 1 is 1.11 bits per heavy atom. The Hall–Kier alpha value is -2.60. The van der Waals surface area contributed by atoms with Gasteiger partial charge in [-0.25, -0.2) is 4.79 Å². The number of carboxylic acid groups (broad SMARTS) is 1. The molecule has 0 aliphatic heterocycles. The Labute approximate surface area is 167 Å². The maximum atomic E-state index is 11.9. The molecule has 0 heterocycles. The van der Waals surface area contributed by atoms with Crippen molar-refractivity contribution in [1.82, 2.24) is 5.32 Å². The van der Waals surface area contributed by atoms with E-state index in [1.165, 1.54) is 6.08 Å². The molecule has 27 heavy (non-hydrogen) atoms. The molecule has 0 atom stereocenters. The molecule has 0 radical (unpaired) electrons. The highest BCUT2D eigenvalue weighted by atomic mass is 79.9. The molecular formula is C21H22BrNO4. The van der Waals surface area contributed by atoms with Crippen molar-refractivity contribution in [1.29, 1.82) is 0 Å². The molecule has 0 aliphatic carbocycles. The van der Waals surface area contributed by atoms with Crippen LogP contribution in [0, 0.1) is 0 Å². The third kappa shape index (κ3) is 6.90. The van der Waals surface area contributed by atoms with Crippen molar-refractivity contribution in [2.45, 2.75) is 32.6 Å². The van der Waals surface area contributed by atoms with E-state index in [9.17, 15) is 14.7 Å². The molecular weight excluding hydrogens is 410 g/mol. The second-order valence-electron chi connectivity index (χ2n) is 5.97. The number of carbonyl (C=O) groups excluding carboxylic acids is 1. The summed E-state index contributed by atoms with van der Waals surface area (Å²) in [4.78, 5) is 23.3. The number of ether oxygens (including phenoxy) is 1. The first-order valence-corrected chi connectivity index (χ1v) is 9.56. The largest absolute Gasteiger partial charge is 0.477 e. The number of halogens is 1. The number of nitrogens with one attached hydrogen (secondary N) is 1. The molecule has 2 N–H and O–H groups in total. The van der Waals surface area contributed by atoms with Gasteiger partial charge < -0.3 is 15.2 Å². The Kier molecular flexibility index (Phi) is 8.07. The number of carbonyl (C=O) groups is 2. The van der Waals surface area contributed by atoms with Gasteiger partial charge in [0.15, 0.2) is 0 Å². The van der Waals surface area contributed by atoms with E-state index in [4.69, 9.17) is 4.74 Å². The van der Waals surface area contributed by atoms with Gasteiger partial charge in [-0.1, -0.05) is 44.0 Å². The summed E-state index contributed by atoms with van der Waals surface area (Å²) in [6.45, 7) is 2.05. The molecule has 0 spiro atoms. The molecule has 0 saturated carbocycles. The van der Waals surface area contributed by atoms with Crippen molar-refractivity contribution in [3.63, 3.8) is 0 Å². The minimum absolute atomic E-state index is 0.143. The van der Waals surface area contributed by atoms with Crippen molar-refractivity contribution >= 4 is 33.9 Å². The third-order valence-corrected chi connectivity index (χ3v) is 4.42. The average Bonchev–Trinajstić information content (AvgIpc) is 2.64. The number of benzene rings is 2. The number of unbranched alkanes of at least 4 members (excludes halogenated alkanes) is 2. The molecule has 0 aliphatic rings. The van der Waals surface area contributed by atoms with Crippen molar-refractivity contribution < 1.29 is 19.4 Å². The normalized spacial score (nSPS) is 11.1. The van der Waals surface area contributed by atoms with Crippen molar-refractivity contribution in [3.8, 4) is 11.5 Å². The molecule has 0 fully saturated rings. The molecule has 0 saturated heterocycles. The summed E-state index contributed by atoms with van der Waals surface area (Å²) in [5, 5.41) is 11.8. The van der Waals surface area contributed by atoms with Gasteiger partial charge in [-0.3, -0.25) is 4.79 Å². The van der Waals surface area contributed by atoms with Gasteiger partial charge in [0.05, 0.1) is 4.47 Å². The van der Waals surface area contributed by atoms with Gasteiger partial charge in [0.1, 0.15) is 17.2 Å². The van der Waals surface area contributed by atoms with Crippen LogP contribution in [0.4, 0.5) is 0 Å². The Morgan fingerprint density at radius 2 is 1.81 bits per heavy atom. The minimum Gasteiger partial charge on any atom is -0.477 e. The van der Waals surface area contributed by atoms with Crippen LogP contribution in [0.5, 0.6) is 11.5 Å². The summed E-state index contributed by atoms with van der Waals surface area (Å²) in [5.74, 6) is -0.149. The first-order valence-electron chi connectivity index (χ1n) is 8.77. The summed E-state index contributed by atoms with van der Waals surface area (Å²) < 4.78 is 6.62. The maximum Gasteiger partial charge on any atom is 0.352 e. The van der Waals surface area contributed by atoms with Crippen molar-refractivity contribution in [3.05, 3.63) is 64.3 Å². The lowest BCUT2D eigenvalue weighted by Crippen LogP contribution is -2.26. The molecule has 0 bridgehead atoms. The van der Waals surface area contributed by atoms with Gasteiger partial charge in [0.25, 0.3) is 0 Å². The van der Waals surface area contributed by atoms with Gasteiger partial charge >= 0.3 is 5.97 Å². The minimum atomic E-state index is -1.17. The van der Waals surface area contributed by atoms with E-state index < -0.39 is 5.97 Å². The number of hydrogen-bond acceptors (Lipinski definition) is 3. The van der Waals surface area contributed by atoms with Gasteiger partial charge in [0.2, 0.25) is 5.91 Å². The topological polar surface area (TPSA) is 75.6 Å². The lowest BCUT2D eigenvalue weighted by Gasteiger charge is -2.08. The van der Waals surface area contributed by atoms with E-state index in [1.807, 2.05) is 31.2 Å². The average molecular weight is 432 g/mol. The molecule has 0 unspecified atom stereocenters. The van der Waals surface area contributed by atoms with E-state index >= 15 is 0 Å². The van der Waals surface area contributed by atoms with E-state index in [0.717, 1.165) is 23.7 Å². The zero-order valence-electron chi connectivity index (χ0n) is 15.1. The lowest BCUT2D eigenvalue weighted by atomic mass is 10.1. The molecule has 6 heteroatoms. The monoisotopic (exact) mass is 431 g/mol. The summed E-state index contributed by atoms with van der Waals surface area (Å²) >= 11 is 3.42. The summed E-state index contributed by atoms with van der Waals surface area (Å²) in [7, 11) is 0. The molecule has 1 amide bonds. The lowest BCUT2D eigenvalue weighted by molar-refractivity contribution is -0.134. The van der Waals surface area contributed by atoms with Crippen LogP contribution in [0.15, 0.2) is 58.7 Å². The molecule has 2 aromatic rings. The zero-order chi connectivity index (χ0) is 19.6. The molecule has 2 rings (SSSR count). The number of rotatable bonds is 9. The van der Waals surface area contributed by atoms with Crippen molar-refractivity contribution in [2.24, 2.45) is 0 Å². The van der Waals surface area contributed by atoms with E-state index in [2.05, 4.69) is 21.2 Å². The van der Waals surface area contributed by atoms with Gasteiger partial charge in [0, 0.05) is 6.42 Å². The number of para-hydroxylation sites is 1. The van der Waals surface area contributed by atoms with Crippen LogP contribution in [-0.2, 0) is 9.59 Å². The Balaban J connectivity index is 2.05. The first kappa shape index (κ1) is 20.7. The maximum absolute atomic E-state index is 11.9. The van der Waals surface area contributed by atoms with Crippen LogP contribution >= 0.6 is 15.9 Å². The van der Waals surface area contributed by atoms with Crippen LogP contribution in [0.2, 0.25) is 0 Å². The second-order valence-corrected chi connectivity index (χ2v) is 6.82. The smallest absolute Gasteiger partial charge is 0.352 e. The zero-order valence-corrected chi connectivity index (χ0v) is 16.7. The highest BCUT2D eigenvalue weighted by Crippen LogP contribution is 2.29. The highest BCUT2D eigenvalue weighted by molar-refractivity contribution is 9.10. The Morgan fingerprint density at radius 3 is 2.44 bits per heavy atom. The van der Waals surface area contributed by atoms with Crippen LogP contribution in [-0.4, -0.2) is 17.0 Å². The van der Waals surface area contributed by atoms with E-state index in [-0.39, 0.29) is 11.6 Å². The van der Waals surface area contributed by atoms with E-state index in [1.54, 1.807) is 24.3 Å². The summed E-state index contributed by atoms with van der Waals surface area (Å²) in [6, 6.07) is 14.5. The van der Waals surface area contributed by atoms with E-state index in [0.29, 0.717) is 23.5 Å². The fourth-order valence-electron chi connectivity index (χ4n) is 2.35. The van der Waals surface area contributed by atoms with Gasteiger partial charge in [-0.05, 0) is 58.3 Å². The third-order valence-electron chi connectivity index (χ3n) is 3.77. The number of amides is 1. The quantitative estimate of drug-likeness (QED) is 0.413. The SMILES string of the molecule is CCCCCC(=O)NC(=Cc1ccc(Oc2ccccc2Br)cc1)C(=O)O. The number of carboxylic acids is 1. The second kappa shape index (κ2) is 10.5. The van der Waals surface area contributed by atoms with Crippen molar-refractivity contribution in [2.75, 3.05) is 0 Å². The highest BCUT2D eigenvalue weighted by Gasteiger charge is 2.11. The summed E-state index contributed by atoms with van der Waals surface area (Å²) in [5.41, 5.74) is 0.511. The molecule has 5 nitrogen and oxygen atoms in total. The number of aliphatic carboxylic acids is 1. The molecule has 2 aromatic carbocycles. The fourth-order valence-corrected chi connectivity index (χ4v) is 2.72. The first-order chi connectivity index (χ1) is 13.0. The standard InChI is InChI=1S/C21H22BrNO4/c1-2-3-4-9-20(24)23-18(21(25)26)14-15-10-12-16(13-11-15)27-19-8-6-5-7-17(19)22/h5-8,10-14H,2-4,9H2,1H3,(H,23,24)(H,25,26). The van der Waals surface area contributed by atoms with Crippen LogP contribution in [0.3, 0.4) is 0 Å². The number of hydrogen-bond donors (Lipinski definition) is 2. The van der Waals surface area contributed by atoms with Gasteiger partial charge in [-0.15, -0.1) is 0 Å². The van der Waals surface area contributed by atoms with Crippen LogP contribution < -0.4 is 10.1 Å².